The first-order valence-electron chi connectivity index (χ1n) is 4.98. The summed E-state index contributed by atoms with van der Waals surface area (Å²) in [4.78, 5) is 23.1. The van der Waals surface area contributed by atoms with Gasteiger partial charge in [0.25, 0.3) is 0 Å². The van der Waals surface area contributed by atoms with Crippen LogP contribution in [0.2, 0.25) is 0 Å². The van der Waals surface area contributed by atoms with E-state index in [9.17, 15) is 9.59 Å². The zero-order chi connectivity index (χ0) is 9.71. The van der Waals surface area contributed by atoms with E-state index in [-0.39, 0.29) is 18.0 Å². The number of rotatable bonds is 0. The maximum absolute atomic E-state index is 11.6. The van der Waals surface area contributed by atoms with E-state index in [4.69, 9.17) is 0 Å². The summed E-state index contributed by atoms with van der Waals surface area (Å²) < 4.78 is 0. The molecule has 0 fully saturated rings. The molecule has 0 spiro atoms. The number of ketones is 2. The van der Waals surface area contributed by atoms with Gasteiger partial charge in [0.15, 0.2) is 11.6 Å². The van der Waals surface area contributed by atoms with Crippen LogP contribution in [0.15, 0.2) is 12.1 Å². The Morgan fingerprint density at radius 2 is 1.86 bits per heavy atom. The van der Waals surface area contributed by atoms with Gasteiger partial charge >= 0.3 is 0 Å². The molecule has 0 unspecified atom stereocenters. The molecule has 0 bridgehead atoms. The minimum Gasteiger partial charge on any atom is -0.294 e. The molecule has 0 saturated heterocycles. The summed E-state index contributed by atoms with van der Waals surface area (Å²) in [6, 6.07) is 3.84. The number of Topliss-reactive ketones (excluding diaryl/α,β-unsaturated/α-hetero) is 2. The van der Waals surface area contributed by atoms with Crippen LogP contribution in [0.25, 0.3) is 0 Å². The van der Waals surface area contributed by atoms with Gasteiger partial charge in [-0.25, -0.2) is 0 Å². The van der Waals surface area contributed by atoms with Crippen LogP contribution in [0.1, 0.15) is 44.7 Å². The molecule has 0 heterocycles. The van der Waals surface area contributed by atoms with Crippen molar-refractivity contribution in [1.82, 2.24) is 0 Å². The highest BCUT2D eigenvalue weighted by atomic mass is 16.2. The molecule has 2 heteroatoms. The smallest absolute Gasteiger partial charge is 0.171 e. The van der Waals surface area contributed by atoms with Crippen molar-refractivity contribution in [2.24, 2.45) is 0 Å². The van der Waals surface area contributed by atoms with Crippen LogP contribution in [-0.4, -0.2) is 11.6 Å². The number of benzene rings is 1. The normalized spacial score (nSPS) is 18.6. The van der Waals surface area contributed by atoms with Gasteiger partial charge < -0.3 is 0 Å². The number of aryl methyl sites for hydroxylation is 1. The van der Waals surface area contributed by atoms with Crippen molar-refractivity contribution >= 4 is 11.6 Å². The number of hydrogen-bond acceptors (Lipinski definition) is 2. The van der Waals surface area contributed by atoms with Gasteiger partial charge in [0.2, 0.25) is 0 Å². The lowest BCUT2D eigenvalue weighted by Crippen LogP contribution is -1.98. The molecule has 70 valence electrons. The lowest BCUT2D eigenvalue weighted by atomic mass is 9.99. The topological polar surface area (TPSA) is 34.1 Å². The molecule has 14 heavy (non-hydrogen) atoms. The lowest BCUT2D eigenvalue weighted by Gasteiger charge is -2.04. The Labute approximate surface area is 81.9 Å². The van der Waals surface area contributed by atoms with Crippen LogP contribution in [0.4, 0.5) is 0 Å². The maximum Gasteiger partial charge on any atom is 0.171 e. The van der Waals surface area contributed by atoms with Crippen molar-refractivity contribution in [3.8, 4) is 0 Å². The highest BCUT2D eigenvalue weighted by Gasteiger charge is 2.31. The minimum atomic E-state index is -0.000278. The number of carbonyl (C=O) groups excluding carboxylic acids is 2. The summed E-state index contributed by atoms with van der Waals surface area (Å²) in [6.45, 7) is 0. The number of carbonyl (C=O) groups is 2. The van der Waals surface area contributed by atoms with Gasteiger partial charge in [-0.3, -0.25) is 9.59 Å². The number of fused-ring (bicyclic) bond motifs is 3. The second kappa shape index (κ2) is 2.53. The van der Waals surface area contributed by atoms with E-state index in [1.165, 1.54) is 5.56 Å². The predicted molar refractivity (Wildman–Crippen MR) is 51.7 cm³/mol. The summed E-state index contributed by atoms with van der Waals surface area (Å²) in [5.41, 5.74) is 3.82. The number of hydrogen-bond donors (Lipinski definition) is 0. The standard InChI is InChI=1S/C12H10O2/c13-10-6-11(14)12-8-3-1-2-7(8)4-5-9(10)12/h4-5H,1-3,6H2. The van der Waals surface area contributed by atoms with E-state index in [0.717, 1.165) is 30.4 Å². The Morgan fingerprint density at radius 3 is 2.71 bits per heavy atom. The van der Waals surface area contributed by atoms with Crippen molar-refractivity contribution in [3.63, 3.8) is 0 Å². The van der Waals surface area contributed by atoms with Gasteiger partial charge in [0.05, 0.1) is 6.42 Å². The first-order chi connectivity index (χ1) is 6.77. The Balaban J connectivity index is 2.33. The third-order valence-electron chi connectivity index (χ3n) is 3.18. The van der Waals surface area contributed by atoms with E-state index in [1.54, 1.807) is 0 Å². The summed E-state index contributed by atoms with van der Waals surface area (Å²) in [5.74, 6) is 0.0310. The minimum absolute atomic E-state index is 0.000278. The first kappa shape index (κ1) is 7.92. The third kappa shape index (κ3) is 0.857. The largest absolute Gasteiger partial charge is 0.294 e. The van der Waals surface area contributed by atoms with Crippen molar-refractivity contribution in [3.05, 3.63) is 34.4 Å². The fraction of sp³-hybridized carbons (Fsp3) is 0.333. The molecule has 2 aliphatic rings. The fourth-order valence-electron chi connectivity index (χ4n) is 2.55. The van der Waals surface area contributed by atoms with E-state index < -0.39 is 0 Å². The van der Waals surface area contributed by atoms with E-state index in [0.29, 0.717) is 5.56 Å². The molecule has 0 radical (unpaired) electrons. The predicted octanol–water partition coefficient (Wildman–Crippen LogP) is 1.94. The zero-order valence-corrected chi connectivity index (χ0v) is 7.80. The SMILES string of the molecule is O=C1CC(=O)c2c1ccc1c2CCC1. The van der Waals surface area contributed by atoms with Crippen LogP contribution in [0, 0.1) is 0 Å². The Hall–Kier alpha value is -1.44. The van der Waals surface area contributed by atoms with Gasteiger partial charge in [-0.05, 0) is 30.4 Å². The molecule has 2 nitrogen and oxygen atoms in total. The van der Waals surface area contributed by atoms with E-state index in [1.807, 2.05) is 12.1 Å². The summed E-state index contributed by atoms with van der Waals surface area (Å²) in [5, 5.41) is 0. The van der Waals surface area contributed by atoms with Crippen molar-refractivity contribution in [2.75, 3.05) is 0 Å². The average molecular weight is 186 g/mol. The Morgan fingerprint density at radius 1 is 1.00 bits per heavy atom. The maximum atomic E-state index is 11.6. The van der Waals surface area contributed by atoms with Gasteiger partial charge in [-0.15, -0.1) is 0 Å². The Bertz CT molecular complexity index is 458. The lowest BCUT2D eigenvalue weighted by molar-refractivity contribution is 0.0923. The first-order valence-corrected chi connectivity index (χ1v) is 4.98. The molecule has 3 rings (SSSR count). The molecule has 1 aromatic rings. The second-order valence-electron chi connectivity index (χ2n) is 4.00. The van der Waals surface area contributed by atoms with Gasteiger partial charge in [-0.1, -0.05) is 12.1 Å². The van der Waals surface area contributed by atoms with Gasteiger partial charge in [-0.2, -0.15) is 0 Å². The van der Waals surface area contributed by atoms with Crippen LogP contribution in [-0.2, 0) is 12.8 Å². The van der Waals surface area contributed by atoms with Crippen LogP contribution >= 0.6 is 0 Å². The summed E-state index contributed by atoms with van der Waals surface area (Å²) in [7, 11) is 0. The molecular formula is C12H10O2. The molecule has 0 aromatic heterocycles. The Kier molecular flexibility index (Phi) is 1.43. The van der Waals surface area contributed by atoms with Crippen molar-refractivity contribution in [1.29, 1.82) is 0 Å². The van der Waals surface area contributed by atoms with Crippen molar-refractivity contribution < 1.29 is 9.59 Å². The van der Waals surface area contributed by atoms with Crippen LogP contribution in [0.5, 0.6) is 0 Å². The quantitative estimate of drug-likeness (QED) is 0.580. The molecule has 0 atom stereocenters. The molecule has 1 aromatic carbocycles. The fourth-order valence-corrected chi connectivity index (χ4v) is 2.55. The molecular weight excluding hydrogens is 176 g/mol. The van der Waals surface area contributed by atoms with Crippen LogP contribution < -0.4 is 0 Å². The van der Waals surface area contributed by atoms with Gasteiger partial charge in [0.1, 0.15) is 0 Å². The average Bonchev–Trinajstić information content (AvgIpc) is 2.71. The van der Waals surface area contributed by atoms with E-state index in [2.05, 4.69) is 0 Å². The molecule has 2 aliphatic carbocycles. The monoisotopic (exact) mass is 186 g/mol. The molecule has 0 aliphatic heterocycles. The van der Waals surface area contributed by atoms with Crippen molar-refractivity contribution in [2.45, 2.75) is 25.7 Å². The molecule has 0 saturated carbocycles. The second-order valence-corrected chi connectivity index (χ2v) is 4.00. The van der Waals surface area contributed by atoms with E-state index >= 15 is 0 Å². The summed E-state index contributed by atoms with van der Waals surface area (Å²) in [6.07, 6.45) is 3.24. The molecule has 0 N–H and O–H groups in total. The van der Waals surface area contributed by atoms with Gasteiger partial charge in [0, 0.05) is 11.1 Å². The zero-order valence-electron chi connectivity index (χ0n) is 7.80. The highest BCUT2D eigenvalue weighted by molar-refractivity contribution is 6.25. The molecule has 0 amide bonds. The highest BCUT2D eigenvalue weighted by Crippen LogP contribution is 2.32. The van der Waals surface area contributed by atoms with Crippen LogP contribution in [0.3, 0.4) is 0 Å². The third-order valence-corrected chi connectivity index (χ3v) is 3.18. The summed E-state index contributed by atoms with van der Waals surface area (Å²) >= 11 is 0.